The van der Waals surface area contributed by atoms with Crippen molar-refractivity contribution in [3.05, 3.63) is 46.4 Å². The number of hydrogen-bond donors (Lipinski definition) is 0. The molecule has 0 radical (unpaired) electrons. The van der Waals surface area contributed by atoms with Crippen LogP contribution in [0.5, 0.6) is 0 Å². The first-order valence-corrected chi connectivity index (χ1v) is 8.72. The number of nitrogens with zero attached hydrogens (tertiary/aromatic N) is 2. The summed E-state index contributed by atoms with van der Waals surface area (Å²) in [6.07, 6.45) is 0. The summed E-state index contributed by atoms with van der Waals surface area (Å²) in [4.78, 5) is 49.9. The van der Waals surface area contributed by atoms with Gasteiger partial charge in [0, 0.05) is 4.47 Å². The first-order valence-electron chi connectivity index (χ1n) is 7.93. The number of benzene rings is 2. The van der Waals surface area contributed by atoms with E-state index < -0.39 is 30.4 Å². The van der Waals surface area contributed by atoms with E-state index in [2.05, 4.69) is 15.9 Å². The SMILES string of the molecule is CCOC(=O)CN1C(=O)C(=O)N(Cc2c(Br)ccc3ccccc23)C1=O. The van der Waals surface area contributed by atoms with Crippen molar-refractivity contribution in [2.24, 2.45) is 0 Å². The summed E-state index contributed by atoms with van der Waals surface area (Å²) in [6.45, 7) is 1.08. The van der Waals surface area contributed by atoms with E-state index in [4.69, 9.17) is 4.74 Å². The number of ether oxygens (including phenoxy) is 1. The molecule has 134 valence electrons. The van der Waals surface area contributed by atoms with Gasteiger partial charge < -0.3 is 4.74 Å². The normalized spacial score (nSPS) is 14.5. The van der Waals surface area contributed by atoms with Gasteiger partial charge in [0.1, 0.15) is 6.54 Å². The maximum atomic E-state index is 12.5. The maximum Gasteiger partial charge on any atom is 0.335 e. The topological polar surface area (TPSA) is 84.0 Å². The van der Waals surface area contributed by atoms with E-state index in [-0.39, 0.29) is 13.2 Å². The monoisotopic (exact) mass is 418 g/mol. The number of rotatable bonds is 5. The predicted octanol–water partition coefficient (Wildman–Crippen LogP) is 2.46. The Bertz CT molecular complexity index is 927. The lowest BCUT2D eigenvalue weighted by molar-refractivity contribution is -0.148. The minimum atomic E-state index is -1.03. The largest absolute Gasteiger partial charge is 0.465 e. The summed E-state index contributed by atoms with van der Waals surface area (Å²) in [6, 6.07) is 10.4. The molecule has 0 spiro atoms. The van der Waals surface area contributed by atoms with Crippen LogP contribution in [0.4, 0.5) is 4.79 Å². The maximum absolute atomic E-state index is 12.5. The van der Waals surface area contributed by atoms with E-state index in [1.165, 1.54) is 0 Å². The highest BCUT2D eigenvalue weighted by atomic mass is 79.9. The highest BCUT2D eigenvalue weighted by Gasteiger charge is 2.45. The number of hydrogen-bond acceptors (Lipinski definition) is 5. The molecule has 3 rings (SSSR count). The molecule has 1 aliphatic rings. The molecule has 1 aliphatic heterocycles. The van der Waals surface area contributed by atoms with Gasteiger partial charge >= 0.3 is 23.8 Å². The van der Waals surface area contributed by atoms with Gasteiger partial charge in [-0.3, -0.25) is 19.3 Å². The van der Waals surface area contributed by atoms with Crippen molar-refractivity contribution < 1.29 is 23.9 Å². The first-order chi connectivity index (χ1) is 12.4. The fourth-order valence-corrected chi connectivity index (χ4v) is 3.26. The molecule has 1 fully saturated rings. The highest BCUT2D eigenvalue weighted by molar-refractivity contribution is 9.10. The first kappa shape index (κ1) is 18.1. The molecule has 0 atom stereocenters. The Labute approximate surface area is 157 Å². The molecular formula is C18H15BrN2O5. The fraction of sp³-hybridized carbons (Fsp3) is 0.222. The summed E-state index contributed by atoms with van der Waals surface area (Å²) >= 11 is 3.43. The Morgan fingerprint density at radius 2 is 1.73 bits per heavy atom. The number of amides is 4. The number of carbonyl (C=O) groups excluding carboxylic acids is 4. The van der Waals surface area contributed by atoms with Gasteiger partial charge in [-0.15, -0.1) is 0 Å². The summed E-state index contributed by atoms with van der Waals surface area (Å²) in [7, 11) is 0. The summed E-state index contributed by atoms with van der Waals surface area (Å²) < 4.78 is 5.46. The molecule has 26 heavy (non-hydrogen) atoms. The second kappa shape index (κ2) is 7.25. The molecule has 0 unspecified atom stereocenters. The highest BCUT2D eigenvalue weighted by Crippen LogP contribution is 2.29. The molecule has 8 heteroatoms. The van der Waals surface area contributed by atoms with Gasteiger partial charge in [0.15, 0.2) is 0 Å². The lowest BCUT2D eigenvalue weighted by Crippen LogP contribution is -2.37. The zero-order chi connectivity index (χ0) is 18.8. The molecule has 0 bridgehead atoms. The molecule has 0 N–H and O–H groups in total. The third-order valence-corrected chi connectivity index (χ3v) is 4.77. The predicted molar refractivity (Wildman–Crippen MR) is 95.9 cm³/mol. The average molecular weight is 419 g/mol. The number of esters is 1. The van der Waals surface area contributed by atoms with Crippen LogP contribution in [0.15, 0.2) is 40.9 Å². The van der Waals surface area contributed by atoms with E-state index in [0.29, 0.717) is 14.9 Å². The van der Waals surface area contributed by atoms with E-state index in [1.54, 1.807) is 6.92 Å². The Hall–Kier alpha value is -2.74. The lowest BCUT2D eigenvalue weighted by Gasteiger charge is -2.17. The number of urea groups is 1. The van der Waals surface area contributed by atoms with Crippen molar-refractivity contribution in [1.29, 1.82) is 0 Å². The van der Waals surface area contributed by atoms with Crippen LogP contribution in [0.25, 0.3) is 10.8 Å². The Kier molecular flexibility index (Phi) is 5.03. The Morgan fingerprint density at radius 1 is 1.04 bits per heavy atom. The average Bonchev–Trinajstić information content (AvgIpc) is 2.82. The van der Waals surface area contributed by atoms with Crippen LogP contribution in [0.2, 0.25) is 0 Å². The van der Waals surface area contributed by atoms with Crippen molar-refractivity contribution in [3.8, 4) is 0 Å². The summed E-state index contributed by atoms with van der Waals surface area (Å²) in [5.74, 6) is -2.73. The second-order valence-corrected chi connectivity index (χ2v) is 6.47. The zero-order valence-corrected chi connectivity index (χ0v) is 15.5. The third-order valence-electron chi connectivity index (χ3n) is 4.03. The van der Waals surface area contributed by atoms with Gasteiger partial charge in [-0.25, -0.2) is 9.69 Å². The molecule has 1 heterocycles. The van der Waals surface area contributed by atoms with Crippen molar-refractivity contribution in [2.45, 2.75) is 13.5 Å². The Morgan fingerprint density at radius 3 is 2.46 bits per heavy atom. The van der Waals surface area contributed by atoms with Crippen molar-refractivity contribution in [3.63, 3.8) is 0 Å². The van der Waals surface area contributed by atoms with E-state index in [9.17, 15) is 19.2 Å². The molecule has 7 nitrogen and oxygen atoms in total. The molecule has 2 aromatic carbocycles. The van der Waals surface area contributed by atoms with Gasteiger partial charge in [0.05, 0.1) is 13.2 Å². The van der Waals surface area contributed by atoms with Gasteiger partial charge in [0.25, 0.3) is 0 Å². The number of imide groups is 2. The van der Waals surface area contributed by atoms with Crippen LogP contribution in [0.3, 0.4) is 0 Å². The van der Waals surface area contributed by atoms with Crippen molar-refractivity contribution in [1.82, 2.24) is 9.80 Å². The number of halogens is 1. The smallest absolute Gasteiger partial charge is 0.335 e. The van der Waals surface area contributed by atoms with Crippen LogP contribution in [-0.4, -0.2) is 46.8 Å². The summed E-state index contributed by atoms with van der Waals surface area (Å²) in [5, 5.41) is 1.80. The van der Waals surface area contributed by atoms with Crippen molar-refractivity contribution in [2.75, 3.05) is 13.2 Å². The minimum Gasteiger partial charge on any atom is -0.465 e. The molecular weight excluding hydrogens is 404 g/mol. The van der Waals surface area contributed by atoms with Gasteiger partial charge in [0.2, 0.25) is 0 Å². The molecule has 0 aromatic heterocycles. The van der Waals surface area contributed by atoms with Gasteiger partial charge in [-0.05, 0) is 29.3 Å². The lowest BCUT2D eigenvalue weighted by atomic mass is 10.0. The molecule has 1 saturated heterocycles. The van der Waals surface area contributed by atoms with Crippen LogP contribution >= 0.6 is 15.9 Å². The van der Waals surface area contributed by atoms with Gasteiger partial charge in [-0.1, -0.05) is 46.3 Å². The number of carbonyl (C=O) groups is 4. The van der Waals surface area contributed by atoms with Crippen LogP contribution in [0, 0.1) is 0 Å². The molecule has 0 saturated carbocycles. The van der Waals surface area contributed by atoms with Crippen molar-refractivity contribution >= 4 is 50.5 Å². The second-order valence-electron chi connectivity index (χ2n) is 5.62. The molecule has 0 aliphatic carbocycles. The zero-order valence-electron chi connectivity index (χ0n) is 13.9. The third kappa shape index (κ3) is 3.20. The minimum absolute atomic E-state index is 0.0787. The quantitative estimate of drug-likeness (QED) is 0.423. The van der Waals surface area contributed by atoms with Crippen LogP contribution in [0.1, 0.15) is 12.5 Å². The summed E-state index contributed by atoms with van der Waals surface area (Å²) in [5.41, 5.74) is 0.704. The van der Waals surface area contributed by atoms with E-state index in [0.717, 1.165) is 15.7 Å². The number of fused-ring (bicyclic) bond motifs is 1. The molecule has 2 aromatic rings. The molecule has 4 amide bonds. The van der Waals surface area contributed by atoms with E-state index >= 15 is 0 Å². The van der Waals surface area contributed by atoms with E-state index in [1.807, 2.05) is 36.4 Å². The van der Waals surface area contributed by atoms with Crippen LogP contribution in [-0.2, 0) is 25.7 Å². The van der Waals surface area contributed by atoms with Gasteiger partial charge in [-0.2, -0.15) is 0 Å². The fourth-order valence-electron chi connectivity index (χ4n) is 2.79. The standard InChI is InChI=1S/C18H15BrN2O5/c1-2-26-15(22)10-21-17(24)16(23)20(18(21)25)9-13-12-6-4-3-5-11(12)7-8-14(13)19/h3-8H,2,9-10H2,1H3. The van der Waals surface area contributed by atoms with Crippen LogP contribution < -0.4 is 0 Å². The Balaban J connectivity index is 1.90.